The molecule has 0 spiro atoms. The molecule has 0 unspecified atom stereocenters. The van der Waals surface area contributed by atoms with Crippen LogP contribution in [-0.4, -0.2) is 12.8 Å². The summed E-state index contributed by atoms with van der Waals surface area (Å²) in [7, 11) is 0. The van der Waals surface area contributed by atoms with Crippen LogP contribution in [0, 0.1) is 5.41 Å². The first-order valence-electron chi connectivity index (χ1n) is 3.99. The van der Waals surface area contributed by atoms with Crippen LogP contribution >= 0.6 is 0 Å². The molecule has 1 rings (SSSR count). The highest BCUT2D eigenvalue weighted by Gasteiger charge is 2.32. The highest BCUT2D eigenvalue weighted by molar-refractivity contribution is 5.59. The topological polar surface area (TPSA) is 43.1 Å². The predicted octanol–water partition coefficient (Wildman–Crippen LogP) is 1.09. The van der Waals surface area contributed by atoms with Gasteiger partial charge in [-0.25, -0.2) is 0 Å². The van der Waals surface area contributed by atoms with E-state index in [0.717, 1.165) is 25.5 Å². The highest BCUT2D eigenvalue weighted by Crippen LogP contribution is 2.38. The van der Waals surface area contributed by atoms with Crippen LogP contribution in [0.15, 0.2) is 0 Å². The van der Waals surface area contributed by atoms with E-state index in [1.165, 1.54) is 12.8 Å². The zero-order chi connectivity index (χ0) is 7.45. The molecule has 2 heteroatoms. The lowest BCUT2D eigenvalue weighted by Crippen LogP contribution is -2.22. The van der Waals surface area contributed by atoms with Crippen molar-refractivity contribution in [2.75, 3.05) is 6.54 Å². The third-order valence-corrected chi connectivity index (χ3v) is 2.49. The van der Waals surface area contributed by atoms with E-state index >= 15 is 0 Å². The minimum Gasteiger partial charge on any atom is -0.330 e. The summed E-state index contributed by atoms with van der Waals surface area (Å²) < 4.78 is 0. The van der Waals surface area contributed by atoms with E-state index in [2.05, 4.69) is 0 Å². The molecule has 58 valence electrons. The Morgan fingerprint density at radius 2 is 2.00 bits per heavy atom. The van der Waals surface area contributed by atoms with Gasteiger partial charge in [-0.3, -0.25) is 0 Å². The Morgan fingerprint density at radius 1 is 1.40 bits per heavy atom. The monoisotopic (exact) mass is 141 g/mol. The molecular formula is C8H15NO. The largest absolute Gasteiger partial charge is 0.330 e. The van der Waals surface area contributed by atoms with E-state index in [9.17, 15) is 4.79 Å². The Labute approximate surface area is 61.8 Å². The van der Waals surface area contributed by atoms with Crippen molar-refractivity contribution in [3.8, 4) is 0 Å². The minimum atomic E-state index is -0.0191. The SMILES string of the molecule is NCCC1(C=O)CCCC1. The van der Waals surface area contributed by atoms with Crippen LogP contribution in [0.4, 0.5) is 0 Å². The molecule has 0 bridgehead atoms. The van der Waals surface area contributed by atoms with Crippen molar-refractivity contribution in [3.05, 3.63) is 0 Å². The summed E-state index contributed by atoms with van der Waals surface area (Å²) in [5.41, 5.74) is 5.39. The van der Waals surface area contributed by atoms with E-state index < -0.39 is 0 Å². The summed E-state index contributed by atoms with van der Waals surface area (Å²) in [6.07, 6.45) is 6.54. The Morgan fingerprint density at radius 3 is 2.40 bits per heavy atom. The third-order valence-electron chi connectivity index (χ3n) is 2.49. The molecular weight excluding hydrogens is 126 g/mol. The maximum absolute atomic E-state index is 10.7. The summed E-state index contributed by atoms with van der Waals surface area (Å²) >= 11 is 0. The van der Waals surface area contributed by atoms with Gasteiger partial charge in [0.2, 0.25) is 0 Å². The summed E-state index contributed by atoms with van der Waals surface area (Å²) in [5, 5.41) is 0. The van der Waals surface area contributed by atoms with Crippen molar-refractivity contribution in [1.82, 2.24) is 0 Å². The number of carbonyl (C=O) groups excluding carboxylic acids is 1. The summed E-state index contributed by atoms with van der Waals surface area (Å²) in [4.78, 5) is 10.7. The van der Waals surface area contributed by atoms with Crippen LogP contribution in [0.2, 0.25) is 0 Å². The Kier molecular flexibility index (Phi) is 2.44. The van der Waals surface area contributed by atoms with Gasteiger partial charge in [0.1, 0.15) is 6.29 Å². The molecule has 0 saturated heterocycles. The van der Waals surface area contributed by atoms with E-state index in [4.69, 9.17) is 5.73 Å². The van der Waals surface area contributed by atoms with Crippen LogP contribution in [0.5, 0.6) is 0 Å². The Bertz CT molecular complexity index is 116. The van der Waals surface area contributed by atoms with E-state index in [1.807, 2.05) is 0 Å². The van der Waals surface area contributed by atoms with Crippen LogP contribution in [0.25, 0.3) is 0 Å². The fraction of sp³-hybridized carbons (Fsp3) is 0.875. The maximum Gasteiger partial charge on any atom is 0.126 e. The van der Waals surface area contributed by atoms with Crippen molar-refractivity contribution in [2.24, 2.45) is 11.1 Å². The molecule has 0 aromatic heterocycles. The average molecular weight is 141 g/mol. The number of hydrogen-bond acceptors (Lipinski definition) is 2. The van der Waals surface area contributed by atoms with Crippen molar-refractivity contribution in [1.29, 1.82) is 0 Å². The molecule has 2 N–H and O–H groups in total. The van der Waals surface area contributed by atoms with Crippen LogP contribution in [0.1, 0.15) is 32.1 Å². The molecule has 0 atom stereocenters. The fourth-order valence-electron chi connectivity index (χ4n) is 1.79. The van der Waals surface area contributed by atoms with Crippen molar-refractivity contribution in [2.45, 2.75) is 32.1 Å². The van der Waals surface area contributed by atoms with Crippen LogP contribution in [0.3, 0.4) is 0 Å². The predicted molar refractivity (Wildman–Crippen MR) is 40.6 cm³/mol. The number of nitrogens with two attached hydrogens (primary N) is 1. The first-order chi connectivity index (χ1) is 4.83. The zero-order valence-corrected chi connectivity index (χ0v) is 6.31. The molecule has 1 aliphatic carbocycles. The minimum absolute atomic E-state index is 0.0191. The normalized spacial score (nSPS) is 22.9. The molecule has 2 nitrogen and oxygen atoms in total. The van der Waals surface area contributed by atoms with E-state index in [-0.39, 0.29) is 5.41 Å². The first kappa shape index (κ1) is 7.73. The zero-order valence-electron chi connectivity index (χ0n) is 6.31. The fourth-order valence-corrected chi connectivity index (χ4v) is 1.79. The lowest BCUT2D eigenvalue weighted by molar-refractivity contribution is -0.116. The van der Waals surface area contributed by atoms with Crippen LogP contribution in [-0.2, 0) is 4.79 Å². The van der Waals surface area contributed by atoms with Gasteiger partial charge in [0.25, 0.3) is 0 Å². The molecule has 0 radical (unpaired) electrons. The molecule has 1 fully saturated rings. The second-order valence-corrected chi connectivity index (χ2v) is 3.23. The number of hydrogen-bond donors (Lipinski definition) is 1. The molecule has 0 aromatic rings. The number of rotatable bonds is 3. The number of carbonyl (C=O) groups is 1. The van der Waals surface area contributed by atoms with Gasteiger partial charge in [-0.05, 0) is 25.8 Å². The van der Waals surface area contributed by atoms with Crippen molar-refractivity contribution < 1.29 is 4.79 Å². The molecule has 0 amide bonds. The highest BCUT2D eigenvalue weighted by atomic mass is 16.1. The molecule has 10 heavy (non-hydrogen) atoms. The van der Waals surface area contributed by atoms with Gasteiger partial charge in [0, 0.05) is 5.41 Å². The lowest BCUT2D eigenvalue weighted by Gasteiger charge is -2.19. The maximum atomic E-state index is 10.7. The average Bonchev–Trinajstić information content (AvgIpc) is 2.39. The molecule has 0 heterocycles. The van der Waals surface area contributed by atoms with Gasteiger partial charge in [0.15, 0.2) is 0 Å². The summed E-state index contributed by atoms with van der Waals surface area (Å²) in [6, 6.07) is 0. The van der Waals surface area contributed by atoms with Gasteiger partial charge in [-0.15, -0.1) is 0 Å². The first-order valence-corrected chi connectivity index (χ1v) is 3.99. The molecule has 1 saturated carbocycles. The van der Waals surface area contributed by atoms with Crippen LogP contribution < -0.4 is 5.73 Å². The number of aldehydes is 1. The Hall–Kier alpha value is -0.370. The quantitative estimate of drug-likeness (QED) is 0.598. The van der Waals surface area contributed by atoms with Gasteiger partial charge in [0.05, 0.1) is 0 Å². The third kappa shape index (κ3) is 1.37. The van der Waals surface area contributed by atoms with Crippen molar-refractivity contribution in [3.63, 3.8) is 0 Å². The van der Waals surface area contributed by atoms with E-state index in [1.54, 1.807) is 0 Å². The van der Waals surface area contributed by atoms with Gasteiger partial charge < -0.3 is 10.5 Å². The van der Waals surface area contributed by atoms with E-state index in [0.29, 0.717) is 6.54 Å². The summed E-state index contributed by atoms with van der Waals surface area (Å²) in [6.45, 7) is 0.652. The second kappa shape index (κ2) is 3.15. The van der Waals surface area contributed by atoms with Gasteiger partial charge in [-0.1, -0.05) is 12.8 Å². The molecule has 1 aliphatic rings. The van der Waals surface area contributed by atoms with Crippen molar-refractivity contribution >= 4 is 6.29 Å². The second-order valence-electron chi connectivity index (χ2n) is 3.23. The molecule has 0 aliphatic heterocycles. The Balaban J connectivity index is 2.49. The smallest absolute Gasteiger partial charge is 0.126 e. The lowest BCUT2D eigenvalue weighted by atomic mass is 9.85. The van der Waals surface area contributed by atoms with Gasteiger partial charge >= 0.3 is 0 Å². The van der Waals surface area contributed by atoms with Gasteiger partial charge in [-0.2, -0.15) is 0 Å². The summed E-state index contributed by atoms with van der Waals surface area (Å²) in [5.74, 6) is 0. The standard InChI is InChI=1S/C8H15NO/c9-6-5-8(7-10)3-1-2-4-8/h7H,1-6,9H2. The molecule has 0 aromatic carbocycles.